The molecule has 0 spiro atoms. The predicted molar refractivity (Wildman–Crippen MR) is 48.2 cm³/mol. The van der Waals surface area contributed by atoms with Gasteiger partial charge in [0.1, 0.15) is 6.33 Å². The SMILES string of the molecule is CC(CC#N)N(C)C(=O)c1ncn[nH]1. The largest absolute Gasteiger partial charge is 0.335 e. The average Bonchev–Trinajstić information content (AvgIpc) is 2.68. The van der Waals surface area contributed by atoms with E-state index in [-0.39, 0.29) is 17.8 Å². The van der Waals surface area contributed by atoms with Gasteiger partial charge in [-0.1, -0.05) is 0 Å². The Morgan fingerprint density at radius 1 is 1.86 bits per heavy atom. The molecule has 14 heavy (non-hydrogen) atoms. The molecule has 1 rings (SSSR count). The van der Waals surface area contributed by atoms with Gasteiger partial charge in [-0.25, -0.2) is 4.98 Å². The lowest BCUT2D eigenvalue weighted by molar-refractivity contribution is 0.0734. The van der Waals surface area contributed by atoms with Gasteiger partial charge in [-0.3, -0.25) is 9.89 Å². The zero-order chi connectivity index (χ0) is 10.6. The number of nitrogens with zero attached hydrogens (tertiary/aromatic N) is 4. The molecule has 6 nitrogen and oxygen atoms in total. The summed E-state index contributed by atoms with van der Waals surface area (Å²) in [5.41, 5.74) is 0. The second-order valence-electron chi connectivity index (χ2n) is 2.96. The first kappa shape index (κ1) is 10.2. The number of aromatic nitrogens is 3. The molecule has 1 amide bonds. The van der Waals surface area contributed by atoms with Crippen molar-refractivity contribution in [1.29, 1.82) is 5.26 Å². The number of hydrogen-bond acceptors (Lipinski definition) is 4. The second-order valence-corrected chi connectivity index (χ2v) is 2.96. The lowest BCUT2D eigenvalue weighted by atomic mass is 10.2. The number of carbonyl (C=O) groups is 1. The van der Waals surface area contributed by atoms with Crippen molar-refractivity contribution < 1.29 is 4.79 Å². The van der Waals surface area contributed by atoms with Crippen molar-refractivity contribution in [1.82, 2.24) is 20.1 Å². The molecule has 1 atom stereocenters. The summed E-state index contributed by atoms with van der Waals surface area (Å²) < 4.78 is 0. The summed E-state index contributed by atoms with van der Waals surface area (Å²) >= 11 is 0. The highest BCUT2D eigenvalue weighted by Crippen LogP contribution is 2.03. The minimum atomic E-state index is -0.259. The van der Waals surface area contributed by atoms with Crippen molar-refractivity contribution >= 4 is 5.91 Å². The fourth-order valence-electron chi connectivity index (χ4n) is 0.945. The first-order valence-electron chi connectivity index (χ1n) is 4.16. The van der Waals surface area contributed by atoms with Crippen molar-refractivity contribution in [2.45, 2.75) is 19.4 Å². The molecule has 1 unspecified atom stereocenters. The molecule has 74 valence electrons. The summed E-state index contributed by atoms with van der Waals surface area (Å²) in [6.07, 6.45) is 1.58. The summed E-state index contributed by atoms with van der Waals surface area (Å²) in [7, 11) is 1.63. The maximum atomic E-state index is 11.6. The van der Waals surface area contributed by atoms with Crippen LogP contribution in [0.1, 0.15) is 24.0 Å². The fourth-order valence-corrected chi connectivity index (χ4v) is 0.945. The van der Waals surface area contributed by atoms with Gasteiger partial charge in [0.25, 0.3) is 5.91 Å². The zero-order valence-electron chi connectivity index (χ0n) is 8.06. The van der Waals surface area contributed by atoms with Gasteiger partial charge < -0.3 is 4.90 Å². The Kier molecular flexibility index (Phi) is 3.18. The van der Waals surface area contributed by atoms with Crippen LogP contribution in [0.3, 0.4) is 0 Å². The van der Waals surface area contributed by atoms with Gasteiger partial charge in [-0.2, -0.15) is 10.4 Å². The normalized spacial score (nSPS) is 11.8. The number of rotatable bonds is 3. The lowest BCUT2D eigenvalue weighted by Gasteiger charge is -2.21. The van der Waals surface area contributed by atoms with Gasteiger partial charge in [-0.15, -0.1) is 0 Å². The summed E-state index contributed by atoms with van der Waals surface area (Å²) in [6, 6.07) is 1.88. The Morgan fingerprint density at radius 2 is 2.57 bits per heavy atom. The van der Waals surface area contributed by atoms with Crippen LogP contribution in [0, 0.1) is 11.3 Å². The number of carbonyl (C=O) groups excluding carboxylic acids is 1. The van der Waals surface area contributed by atoms with E-state index in [1.165, 1.54) is 11.2 Å². The van der Waals surface area contributed by atoms with E-state index in [2.05, 4.69) is 15.2 Å². The third-order valence-corrected chi connectivity index (χ3v) is 1.99. The van der Waals surface area contributed by atoms with Crippen LogP contribution in [0.15, 0.2) is 6.33 Å². The van der Waals surface area contributed by atoms with Crippen LogP contribution in [0.5, 0.6) is 0 Å². The maximum Gasteiger partial charge on any atom is 0.291 e. The molecule has 0 aliphatic rings. The van der Waals surface area contributed by atoms with E-state index in [0.29, 0.717) is 6.42 Å². The Balaban J connectivity index is 2.67. The van der Waals surface area contributed by atoms with E-state index in [1.807, 2.05) is 6.07 Å². The molecule has 0 bridgehead atoms. The molecule has 1 heterocycles. The second kappa shape index (κ2) is 4.37. The van der Waals surface area contributed by atoms with Gasteiger partial charge in [0.2, 0.25) is 5.82 Å². The number of nitrogens with one attached hydrogen (secondary N) is 1. The molecule has 0 radical (unpaired) electrons. The molecule has 1 N–H and O–H groups in total. The maximum absolute atomic E-state index is 11.6. The van der Waals surface area contributed by atoms with Crippen molar-refractivity contribution in [2.75, 3.05) is 7.05 Å². The van der Waals surface area contributed by atoms with Crippen LogP contribution < -0.4 is 0 Å². The fraction of sp³-hybridized carbons (Fsp3) is 0.500. The van der Waals surface area contributed by atoms with Crippen molar-refractivity contribution in [3.63, 3.8) is 0 Å². The zero-order valence-corrected chi connectivity index (χ0v) is 8.06. The van der Waals surface area contributed by atoms with Crippen LogP contribution in [0.2, 0.25) is 0 Å². The van der Waals surface area contributed by atoms with Crippen LogP contribution in [-0.4, -0.2) is 39.1 Å². The molecule has 0 aliphatic heterocycles. The summed E-state index contributed by atoms with van der Waals surface area (Å²) in [6.45, 7) is 1.80. The predicted octanol–water partition coefficient (Wildman–Crippen LogP) is 0.179. The van der Waals surface area contributed by atoms with Crippen LogP contribution in [0.4, 0.5) is 0 Å². The Hall–Kier alpha value is -1.90. The lowest BCUT2D eigenvalue weighted by Crippen LogP contribution is -2.35. The number of aromatic amines is 1. The van der Waals surface area contributed by atoms with Crippen molar-refractivity contribution in [3.05, 3.63) is 12.2 Å². The Bertz CT molecular complexity index is 339. The molecule has 6 heteroatoms. The summed E-state index contributed by atoms with van der Waals surface area (Å²) in [4.78, 5) is 16.8. The van der Waals surface area contributed by atoms with Crippen molar-refractivity contribution in [3.8, 4) is 6.07 Å². The smallest absolute Gasteiger partial charge is 0.291 e. The molecule has 1 aromatic rings. The van der Waals surface area contributed by atoms with Gasteiger partial charge in [0.05, 0.1) is 12.5 Å². The minimum absolute atomic E-state index is 0.127. The van der Waals surface area contributed by atoms with E-state index < -0.39 is 0 Å². The number of H-pyrrole nitrogens is 1. The van der Waals surface area contributed by atoms with E-state index in [9.17, 15) is 4.79 Å². The van der Waals surface area contributed by atoms with Gasteiger partial charge >= 0.3 is 0 Å². The standard InChI is InChI=1S/C8H11N5O/c1-6(3-4-9)13(2)8(14)7-10-5-11-12-7/h5-6H,3H2,1-2H3,(H,10,11,12). The Morgan fingerprint density at radius 3 is 3.07 bits per heavy atom. The number of nitriles is 1. The van der Waals surface area contributed by atoms with Gasteiger partial charge in [-0.05, 0) is 6.92 Å². The molecule has 0 fully saturated rings. The van der Waals surface area contributed by atoms with Gasteiger partial charge in [0.15, 0.2) is 0 Å². The number of amides is 1. The molecule has 1 aromatic heterocycles. The van der Waals surface area contributed by atoms with Gasteiger partial charge in [0, 0.05) is 13.1 Å². The van der Waals surface area contributed by atoms with E-state index >= 15 is 0 Å². The quantitative estimate of drug-likeness (QED) is 0.741. The van der Waals surface area contributed by atoms with E-state index in [4.69, 9.17) is 5.26 Å². The van der Waals surface area contributed by atoms with E-state index in [1.54, 1.807) is 14.0 Å². The molecule has 0 saturated heterocycles. The van der Waals surface area contributed by atoms with E-state index in [0.717, 1.165) is 0 Å². The highest BCUT2D eigenvalue weighted by molar-refractivity contribution is 5.90. The number of hydrogen-bond donors (Lipinski definition) is 1. The third-order valence-electron chi connectivity index (χ3n) is 1.99. The third kappa shape index (κ3) is 2.07. The Labute approximate surface area is 81.6 Å². The first-order valence-corrected chi connectivity index (χ1v) is 4.16. The molecule has 0 aliphatic carbocycles. The molecule has 0 aromatic carbocycles. The summed E-state index contributed by atoms with van der Waals surface area (Å²) in [5.74, 6) is -0.0671. The van der Waals surface area contributed by atoms with Crippen molar-refractivity contribution in [2.24, 2.45) is 0 Å². The minimum Gasteiger partial charge on any atom is -0.335 e. The average molecular weight is 193 g/mol. The molecular formula is C8H11N5O. The van der Waals surface area contributed by atoms with Crippen LogP contribution >= 0.6 is 0 Å². The monoisotopic (exact) mass is 193 g/mol. The topological polar surface area (TPSA) is 85.7 Å². The highest BCUT2D eigenvalue weighted by atomic mass is 16.2. The molecule has 0 saturated carbocycles. The van der Waals surface area contributed by atoms with Crippen LogP contribution in [0.25, 0.3) is 0 Å². The highest BCUT2D eigenvalue weighted by Gasteiger charge is 2.19. The first-order chi connectivity index (χ1) is 6.66. The van der Waals surface area contributed by atoms with Crippen LogP contribution in [-0.2, 0) is 0 Å². The summed E-state index contributed by atoms with van der Waals surface area (Å²) in [5, 5.41) is 14.5. The molecular weight excluding hydrogens is 182 g/mol.